The number of fused-ring (bicyclic) bond motifs is 1. The molecular formula is C24H25FNO5P. The summed E-state index contributed by atoms with van der Waals surface area (Å²) < 4.78 is 25.4. The van der Waals surface area contributed by atoms with Gasteiger partial charge in [0.25, 0.3) is 0 Å². The minimum atomic E-state index is -2.97. The summed E-state index contributed by atoms with van der Waals surface area (Å²) in [6.07, 6.45) is 3.14. The summed E-state index contributed by atoms with van der Waals surface area (Å²) in [7, 11) is -2.36. The fourth-order valence-electron chi connectivity index (χ4n) is 3.83. The number of para-hydroxylation sites is 1. The number of nitrogens with zero attached hydrogens (tertiary/aromatic N) is 1. The van der Waals surface area contributed by atoms with Crippen molar-refractivity contribution in [2.45, 2.75) is 24.8 Å². The van der Waals surface area contributed by atoms with Gasteiger partial charge in [-0.1, -0.05) is 62.4 Å². The molecular weight excluding hydrogens is 432 g/mol. The SMILES string of the molecule is CC(C)C(C=Cc1ccc(F)cc1)C(O)(c1ccc2ccccc2n1)C(O)([PH2]=O)C(=O)O. The van der Waals surface area contributed by atoms with E-state index in [1.54, 1.807) is 38.1 Å². The molecule has 0 spiro atoms. The van der Waals surface area contributed by atoms with Crippen LogP contribution in [0, 0.1) is 17.7 Å². The predicted molar refractivity (Wildman–Crippen MR) is 122 cm³/mol. The number of aliphatic hydroxyl groups is 2. The van der Waals surface area contributed by atoms with Crippen molar-refractivity contribution in [1.82, 2.24) is 4.98 Å². The molecule has 168 valence electrons. The Labute approximate surface area is 186 Å². The maximum atomic E-state index is 13.2. The Morgan fingerprint density at radius 2 is 1.72 bits per heavy atom. The lowest BCUT2D eigenvalue weighted by molar-refractivity contribution is -0.184. The van der Waals surface area contributed by atoms with Crippen molar-refractivity contribution < 1.29 is 29.1 Å². The number of halogens is 1. The number of pyridine rings is 1. The highest BCUT2D eigenvalue weighted by Crippen LogP contribution is 2.48. The quantitative estimate of drug-likeness (QED) is 0.440. The van der Waals surface area contributed by atoms with Gasteiger partial charge in [0.2, 0.25) is 5.34 Å². The van der Waals surface area contributed by atoms with E-state index in [0.717, 1.165) is 5.39 Å². The molecule has 4 atom stereocenters. The number of aromatic nitrogens is 1. The first-order valence-corrected chi connectivity index (χ1v) is 11.1. The molecule has 3 aromatic rings. The average Bonchev–Trinajstić information content (AvgIpc) is 2.78. The molecule has 0 aliphatic heterocycles. The number of carboxylic acids is 1. The molecule has 32 heavy (non-hydrogen) atoms. The van der Waals surface area contributed by atoms with Crippen LogP contribution in [0.2, 0.25) is 0 Å². The number of rotatable bonds is 8. The molecule has 8 heteroatoms. The van der Waals surface area contributed by atoms with Gasteiger partial charge in [-0.2, -0.15) is 0 Å². The summed E-state index contributed by atoms with van der Waals surface area (Å²) in [5.41, 5.74) is -1.52. The lowest BCUT2D eigenvalue weighted by Crippen LogP contribution is -2.58. The third-order valence-corrected chi connectivity index (χ3v) is 6.66. The highest BCUT2D eigenvalue weighted by atomic mass is 31.1. The van der Waals surface area contributed by atoms with Crippen molar-refractivity contribution in [3.05, 3.63) is 83.8 Å². The molecule has 3 N–H and O–H groups in total. The maximum absolute atomic E-state index is 13.2. The normalized spacial score (nSPS) is 17.1. The average molecular weight is 457 g/mol. The predicted octanol–water partition coefficient (Wildman–Crippen LogP) is 4.08. The van der Waals surface area contributed by atoms with Crippen molar-refractivity contribution in [3.63, 3.8) is 0 Å². The lowest BCUT2D eigenvalue weighted by Gasteiger charge is -2.43. The Hall–Kier alpha value is -2.86. The highest BCUT2D eigenvalue weighted by molar-refractivity contribution is 7.27. The van der Waals surface area contributed by atoms with E-state index < -0.39 is 37.1 Å². The van der Waals surface area contributed by atoms with Gasteiger partial charge >= 0.3 is 5.97 Å². The zero-order valence-corrected chi connectivity index (χ0v) is 18.8. The largest absolute Gasteiger partial charge is 0.479 e. The van der Waals surface area contributed by atoms with E-state index in [-0.39, 0.29) is 11.6 Å². The van der Waals surface area contributed by atoms with Gasteiger partial charge in [0.1, 0.15) is 14.3 Å². The molecule has 4 unspecified atom stereocenters. The van der Waals surface area contributed by atoms with E-state index in [9.17, 15) is 29.1 Å². The van der Waals surface area contributed by atoms with Crippen LogP contribution in [0.5, 0.6) is 0 Å². The Kier molecular flexibility index (Phi) is 6.94. The van der Waals surface area contributed by atoms with Gasteiger partial charge in [0, 0.05) is 11.3 Å². The van der Waals surface area contributed by atoms with Crippen molar-refractivity contribution >= 4 is 31.4 Å². The number of hydrogen-bond donors (Lipinski definition) is 3. The van der Waals surface area contributed by atoms with Crippen LogP contribution in [0.4, 0.5) is 4.39 Å². The van der Waals surface area contributed by atoms with Crippen LogP contribution in [0.25, 0.3) is 17.0 Å². The first kappa shape index (κ1) is 23.8. The van der Waals surface area contributed by atoms with Crippen molar-refractivity contribution in [3.8, 4) is 0 Å². The molecule has 0 fully saturated rings. The van der Waals surface area contributed by atoms with Gasteiger partial charge in [-0.05, 0) is 35.7 Å². The number of aliphatic carboxylic acids is 1. The van der Waals surface area contributed by atoms with Gasteiger partial charge in [0.15, 0.2) is 5.60 Å². The standard InChI is InChI=1S/C24H25FNO5P/c1-15(2)19(13-9-16-7-11-18(25)12-8-16)23(29,24(30,32-31)22(27)28)21-14-10-17-5-3-4-6-20(17)26-21/h3-15,19,29-30H,32H2,1-2H3,(H,27,28). The fourth-order valence-corrected chi connectivity index (χ4v) is 4.46. The van der Waals surface area contributed by atoms with Crippen molar-refractivity contribution in [1.29, 1.82) is 0 Å². The monoisotopic (exact) mass is 457 g/mol. The molecule has 2 aromatic carbocycles. The second-order valence-electron chi connectivity index (χ2n) is 8.03. The lowest BCUT2D eigenvalue weighted by atomic mass is 9.73. The van der Waals surface area contributed by atoms with E-state index >= 15 is 0 Å². The molecule has 0 radical (unpaired) electrons. The van der Waals surface area contributed by atoms with E-state index in [2.05, 4.69) is 4.98 Å². The minimum absolute atomic E-state index is 0.105. The zero-order chi connectivity index (χ0) is 23.5. The molecule has 0 amide bonds. The molecule has 1 heterocycles. The van der Waals surface area contributed by atoms with Crippen LogP contribution in [0.1, 0.15) is 25.1 Å². The van der Waals surface area contributed by atoms with Crippen LogP contribution >= 0.6 is 8.46 Å². The van der Waals surface area contributed by atoms with E-state index in [0.29, 0.717) is 11.1 Å². The van der Waals surface area contributed by atoms with Crippen molar-refractivity contribution in [2.75, 3.05) is 0 Å². The van der Waals surface area contributed by atoms with Gasteiger partial charge < -0.3 is 19.9 Å². The molecule has 6 nitrogen and oxygen atoms in total. The first-order valence-electron chi connectivity index (χ1n) is 10.1. The molecule has 1 aromatic heterocycles. The third kappa shape index (κ3) is 4.24. The Morgan fingerprint density at radius 3 is 2.31 bits per heavy atom. The van der Waals surface area contributed by atoms with Crippen LogP contribution in [-0.4, -0.2) is 31.6 Å². The number of carboxylic acid groups (broad SMARTS) is 1. The van der Waals surface area contributed by atoms with Gasteiger partial charge in [-0.3, -0.25) is 0 Å². The Morgan fingerprint density at radius 1 is 1.06 bits per heavy atom. The van der Waals surface area contributed by atoms with Gasteiger partial charge in [-0.25, -0.2) is 14.2 Å². The molecule has 0 saturated heterocycles. The topological polar surface area (TPSA) is 108 Å². The van der Waals surface area contributed by atoms with E-state index in [4.69, 9.17) is 0 Å². The molecule has 0 saturated carbocycles. The number of carbonyl (C=O) groups is 1. The second-order valence-corrected chi connectivity index (χ2v) is 9.10. The minimum Gasteiger partial charge on any atom is -0.479 e. The van der Waals surface area contributed by atoms with Gasteiger partial charge in [-0.15, -0.1) is 0 Å². The highest BCUT2D eigenvalue weighted by Gasteiger charge is 2.61. The first-order chi connectivity index (χ1) is 15.1. The van der Waals surface area contributed by atoms with E-state index in [1.807, 2.05) is 12.1 Å². The smallest absolute Gasteiger partial charge is 0.346 e. The Balaban J connectivity index is 2.24. The second kappa shape index (κ2) is 9.33. The maximum Gasteiger partial charge on any atom is 0.346 e. The molecule has 0 aliphatic rings. The summed E-state index contributed by atoms with van der Waals surface area (Å²) in [6.45, 7) is 3.49. The molecule has 3 rings (SSSR count). The molecule has 0 bridgehead atoms. The van der Waals surface area contributed by atoms with Gasteiger partial charge in [0.05, 0.1) is 11.2 Å². The van der Waals surface area contributed by atoms with Crippen molar-refractivity contribution in [2.24, 2.45) is 11.8 Å². The van der Waals surface area contributed by atoms with Crippen LogP contribution in [0.15, 0.2) is 66.7 Å². The number of benzene rings is 2. The zero-order valence-electron chi connectivity index (χ0n) is 17.6. The van der Waals surface area contributed by atoms with Crippen LogP contribution in [-0.2, 0) is 15.0 Å². The Bertz CT molecular complexity index is 1170. The van der Waals surface area contributed by atoms with E-state index in [1.165, 1.54) is 36.4 Å². The summed E-state index contributed by atoms with van der Waals surface area (Å²) in [5.74, 6) is -3.60. The summed E-state index contributed by atoms with van der Waals surface area (Å²) in [5, 5.41) is 30.5. The summed E-state index contributed by atoms with van der Waals surface area (Å²) in [4.78, 5) is 16.5. The summed E-state index contributed by atoms with van der Waals surface area (Å²) in [6, 6.07) is 15.8. The third-order valence-electron chi connectivity index (χ3n) is 5.63. The summed E-state index contributed by atoms with van der Waals surface area (Å²) >= 11 is 0. The number of hydrogen-bond acceptors (Lipinski definition) is 5. The van der Waals surface area contributed by atoms with Crippen LogP contribution in [0.3, 0.4) is 0 Å². The van der Waals surface area contributed by atoms with Crippen LogP contribution < -0.4 is 0 Å². The molecule has 0 aliphatic carbocycles. The fraction of sp³-hybridized carbons (Fsp3) is 0.250.